The topological polar surface area (TPSA) is 65.4 Å². The van der Waals surface area contributed by atoms with E-state index in [9.17, 15) is 10.1 Å². The number of carbonyl (C=O) groups is 1. The summed E-state index contributed by atoms with van der Waals surface area (Å²) >= 11 is 0. The molecule has 0 unspecified atom stereocenters. The monoisotopic (exact) mass is 435 g/mol. The molecule has 1 aliphatic rings. The normalized spacial score (nSPS) is 15.6. The van der Waals surface area contributed by atoms with Crippen molar-refractivity contribution in [3.8, 4) is 17.6 Å². The minimum Gasteiger partial charge on any atom is -0.455 e. The smallest absolute Gasteiger partial charge is 0.266 e. The third kappa shape index (κ3) is 4.37. The highest BCUT2D eigenvalue weighted by atomic mass is 16.5. The van der Waals surface area contributed by atoms with Gasteiger partial charge in [0.1, 0.15) is 17.4 Å². The molecule has 5 nitrogen and oxygen atoms in total. The largest absolute Gasteiger partial charge is 0.455 e. The molecule has 0 saturated heterocycles. The van der Waals surface area contributed by atoms with Crippen molar-refractivity contribution in [1.29, 1.82) is 5.26 Å². The highest BCUT2D eigenvalue weighted by molar-refractivity contribution is 6.07. The molecule has 0 saturated carbocycles. The highest BCUT2D eigenvalue weighted by Gasteiger charge is 2.37. The van der Waals surface area contributed by atoms with Crippen LogP contribution in [0.4, 0.5) is 11.4 Å². The van der Waals surface area contributed by atoms with Gasteiger partial charge in [-0.05, 0) is 48.0 Å². The second-order valence-electron chi connectivity index (χ2n) is 8.31. The van der Waals surface area contributed by atoms with E-state index in [2.05, 4.69) is 36.2 Å². The molecule has 3 aromatic carbocycles. The summed E-state index contributed by atoms with van der Waals surface area (Å²) in [4.78, 5) is 15.0. The first-order valence-electron chi connectivity index (χ1n) is 10.7. The van der Waals surface area contributed by atoms with Crippen molar-refractivity contribution < 1.29 is 9.53 Å². The van der Waals surface area contributed by atoms with Crippen molar-refractivity contribution >= 4 is 17.3 Å². The summed E-state index contributed by atoms with van der Waals surface area (Å²) < 4.78 is 5.91. The van der Waals surface area contributed by atoms with Gasteiger partial charge >= 0.3 is 0 Å². The van der Waals surface area contributed by atoms with E-state index in [0.717, 1.165) is 11.4 Å². The Hall–Kier alpha value is -4.30. The maximum atomic E-state index is 12.9. The van der Waals surface area contributed by atoms with Crippen molar-refractivity contribution in [3.63, 3.8) is 0 Å². The molecular formula is C28H25N3O2. The fourth-order valence-corrected chi connectivity index (χ4v) is 4.09. The van der Waals surface area contributed by atoms with Crippen molar-refractivity contribution in [1.82, 2.24) is 0 Å². The van der Waals surface area contributed by atoms with E-state index >= 15 is 0 Å². The summed E-state index contributed by atoms with van der Waals surface area (Å²) in [5.41, 5.74) is 3.61. The zero-order chi connectivity index (χ0) is 23.4. The number of allylic oxidation sites excluding steroid dienone is 3. The van der Waals surface area contributed by atoms with E-state index in [1.165, 1.54) is 5.56 Å². The number of likely N-dealkylation sites (N-methyl/N-ethyl adjacent to an activating group) is 1. The Morgan fingerprint density at radius 3 is 2.39 bits per heavy atom. The number of nitriles is 1. The molecular weight excluding hydrogens is 410 g/mol. The van der Waals surface area contributed by atoms with Crippen molar-refractivity contribution in [2.75, 3.05) is 17.3 Å². The van der Waals surface area contributed by atoms with Gasteiger partial charge in [0.05, 0.1) is 5.69 Å². The quantitative estimate of drug-likeness (QED) is 0.384. The van der Waals surface area contributed by atoms with Gasteiger partial charge in [-0.3, -0.25) is 4.79 Å². The van der Waals surface area contributed by atoms with Gasteiger partial charge in [-0.1, -0.05) is 62.4 Å². The minimum absolute atomic E-state index is 0.0113. The lowest BCUT2D eigenvalue weighted by molar-refractivity contribution is -0.112. The van der Waals surface area contributed by atoms with Crippen LogP contribution in [0.15, 0.2) is 102 Å². The molecule has 1 heterocycles. The maximum absolute atomic E-state index is 12.9. The zero-order valence-electron chi connectivity index (χ0n) is 18.9. The fraction of sp³-hybridized carbons (Fsp3) is 0.143. The molecule has 164 valence electrons. The molecule has 0 bridgehead atoms. The first kappa shape index (κ1) is 21.9. The Morgan fingerprint density at radius 1 is 1.00 bits per heavy atom. The lowest BCUT2D eigenvalue weighted by Crippen LogP contribution is -2.22. The molecule has 1 N–H and O–H groups in total. The maximum Gasteiger partial charge on any atom is 0.266 e. The summed E-state index contributed by atoms with van der Waals surface area (Å²) in [7, 11) is 2.00. The molecule has 0 atom stereocenters. The molecule has 0 aliphatic carbocycles. The van der Waals surface area contributed by atoms with E-state index in [4.69, 9.17) is 4.74 Å². The van der Waals surface area contributed by atoms with Crippen LogP contribution in [-0.2, 0) is 10.2 Å². The average molecular weight is 436 g/mol. The van der Waals surface area contributed by atoms with Crippen molar-refractivity contribution in [2.45, 2.75) is 19.3 Å². The average Bonchev–Trinajstić information content (AvgIpc) is 3.02. The van der Waals surface area contributed by atoms with Crippen molar-refractivity contribution in [2.24, 2.45) is 0 Å². The van der Waals surface area contributed by atoms with E-state index in [-0.39, 0.29) is 11.0 Å². The van der Waals surface area contributed by atoms with Crippen LogP contribution in [0.25, 0.3) is 0 Å². The molecule has 1 aliphatic heterocycles. The molecule has 0 radical (unpaired) electrons. The van der Waals surface area contributed by atoms with Gasteiger partial charge in [-0.2, -0.15) is 5.26 Å². The molecule has 0 aromatic heterocycles. The van der Waals surface area contributed by atoms with Crippen LogP contribution in [0.3, 0.4) is 0 Å². The molecule has 1 amide bonds. The van der Waals surface area contributed by atoms with Gasteiger partial charge in [0.25, 0.3) is 5.91 Å². The predicted octanol–water partition coefficient (Wildman–Crippen LogP) is 6.18. The molecule has 0 spiro atoms. The number of nitrogens with one attached hydrogen (secondary N) is 1. The first-order valence-corrected chi connectivity index (χ1v) is 10.7. The Labute approximate surface area is 194 Å². The molecule has 5 heteroatoms. The van der Waals surface area contributed by atoms with Gasteiger partial charge in [0.15, 0.2) is 5.75 Å². The number of para-hydroxylation sites is 4. The second kappa shape index (κ2) is 9.05. The van der Waals surface area contributed by atoms with E-state index in [1.54, 1.807) is 24.3 Å². The number of anilines is 2. The number of hydrogen-bond acceptors (Lipinski definition) is 4. The Kier molecular flexibility index (Phi) is 6.01. The van der Waals surface area contributed by atoms with E-state index in [1.807, 2.05) is 67.7 Å². The number of ether oxygens (including phenoxy) is 1. The summed E-state index contributed by atoms with van der Waals surface area (Å²) in [6.07, 6.45) is 3.43. The lowest BCUT2D eigenvalue weighted by Gasteiger charge is -2.23. The number of fused-ring (bicyclic) bond motifs is 1. The number of carbonyl (C=O) groups excluding carboxylic acids is 1. The minimum atomic E-state index is -0.491. The third-order valence-corrected chi connectivity index (χ3v) is 5.82. The van der Waals surface area contributed by atoms with Gasteiger partial charge in [0.2, 0.25) is 0 Å². The van der Waals surface area contributed by atoms with Gasteiger partial charge < -0.3 is 15.0 Å². The molecule has 33 heavy (non-hydrogen) atoms. The summed E-state index contributed by atoms with van der Waals surface area (Å²) in [6.45, 7) is 4.27. The number of hydrogen-bond donors (Lipinski definition) is 1. The summed E-state index contributed by atoms with van der Waals surface area (Å²) in [5, 5.41) is 12.5. The number of benzene rings is 3. The van der Waals surface area contributed by atoms with Gasteiger partial charge in [-0.15, -0.1) is 0 Å². The number of rotatable bonds is 5. The van der Waals surface area contributed by atoms with E-state index < -0.39 is 5.91 Å². The standard InChI is InChI=1S/C28H25N3O2/c1-28(2)22-13-7-9-15-24(22)31(3)26(28)18-17-20(19-29)27(32)30-23-14-8-10-16-25(23)33-21-11-5-4-6-12-21/h4-18H,1-3H3,(H,30,32)/b20-17+,26-18-. The zero-order valence-corrected chi connectivity index (χ0v) is 18.9. The first-order chi connectivity index (χ1) is 15.9. The summed E-state index contributed by atoms with van der Waals surface area (Å²) in [6, 6.07) is 26.7. The summed E-state index contributed by atoms with van der Waals surface area (Å²) in [5.74, 6) is 0.667. The highest BCUT2D eigenvalue weighted by Crippen LogP contribution is 2.46. The number of amides is 1. The van der Waals surface area contributed by atoms with Crippen LogP contribution in [-0.4, -0.2) is 13.0 Å². The fourth-order valence-electron chi connectivity index (χ4n) is 4.09. The van der Waals surface area contributed by atoms with Crippen molar-refractivity contribution in [3.05, 3.63) is 108 Å². The van der Waals surface area contributed by atoms with Gasteiger partial charge in [-0.25, -0.2) is 0 Å². The molecule has 3 aromatic rings. The molecule has 4 rings (SSSR count). The van der Waals surface area contributed by atoms with Crippen LogP contribution in [0.5, 0.6) is 11.5 Å². The SMILES string of the molecule is CN1/C(=C\C=C(/C#N)C(=O)Nc2ccccc2Oc2ccccc2)C(C)(C)c2ccccc21. The third-order valence-electron chi connectivity index (χ3n) is 5.82. The second-order valence-corrected chi connectivity index (χ2v) is 8.31. The lowest BCUT2D eigenvalue weighted by atomic mass is 9.83. The Bertz CT molecular complexity index is 1280. The Morgan fingerprint density at radius 2 is 1.67 bits per heavy atom. The Balaban J connectivity index is 1.58. The van der Waals surface area contributed by atoms with Crippen LogP contribution in [0.1, 0.15) is 19.4 Å². The molecule has 0 fully saturated rings. The van der Waals surface area contributed by atoms with Crippen LogP contribution < -0.4 is 15.0 Å². The van der Waals surface area contributed by atoms with Crippen LogP contribution >= 0.6 is 0 Å². The predicted molar refractivity (Wildman–Crippen MR) is 131 cm³/mol. The van der Waals surface area contributed by atoms with Gasteiger partial charge in [0, 0.05) is 23.8 Å². The number of nitrogens with zero attached hydrogens (tertiary/aromatic N) is 2. The van der Waals surface area contributed by atoms with Crippen LogP contribution in [0.2, 0.25) is 0 Å². The van der Waals surface area contributed by atoms with E-state index in [0.29, 0.717) is 17.2 Å². The van der Waals surface area contributed by atoms with Crippen LogP contribution in [0, 0.1) is 11.3 Å².